The largest absolute Gasteiger partial charge is 0.371 e. The maximum absolute atomic E-state index is 13.3. The molecule has 33 heavy (non-hydrogen) atoms. The van der Waals surface area contributed by atoms with E-state index in [2.05, 4.69) is 6.58 Å². The van der Waals surface area contributed by atoms with E-state index in [-0.39, 0.29) is 29.4 Å². The van der Waals surface area contributed by atoms with E-state index >= 15 is 0 Å². The molecule has 0 aliphatic carbocycles. The van der Waals surface area contributed by atoms with Gasteiger partial charge in [0.25, 0.3) is 11.4 Å². The monoisotopic (exact) mass is 474 g/mol. The normalized spacial score (nSPS) is 18.4. The van der Waals surface area contributed by atoms with Crippen LogP contribution in [-0.2, 0) is 14.8 Å². The van der Waals surface area contributed by atoms with Gasteiger partial charge in [-0.3, -0.25) is 20.2 Å². The highest BCUT2D eigenvalue weighted by atomic mass is 32.2. The average molecular weight is 474 g/mol. The van der Waals surface area contributed by atoms with Crippen LogP contribution in [0.1, 0.15) is 18.4 Å². The summed E-state index contributed by atoms with van der Waals surface area (Å²) in [6, 6.07) is 11.0. The number of nitro groups is 2. The molecule has 174 valence electrons. The van der Waals surface area contributed by atoms with Crippen LogP contribution in [0, 0.1) is 20.2 Å². The summed E-state index contributed by atoms with van der Waals surface area (Å²) in [6.07, 6.45) is 0.816. The molecule has 0 radical (unpaired) electrons. The molecule has 4 rings (SSSR count). The molecular weight excluding hydrogens is 452 g/mol. The Hall–Kier alpha value is -3.35. The minimum absolute atomic E-state index is 0.00408. The van der Waals surface area contributed by atoms with Gasteiger partial charge in [0.1, 0.15) is 5.72 Å². The zero-order valence-electron chi connectivity index (χ0n) is 17.6. The van der Waals surface area contributed by atoms with Gasteiger partial charge in [-0.05, 0) is 29.8 Å². The number of nitrogens with zero attached hydrogens (tertiary/aromatic N) is 4. The van der Waals surface area contributed by atoms with Gasteiger partial charge in [0.15, 0.2) is 0 Å². The van der Waals surface area contributed by atoms with Gasteiger partial charge in [-0.15, -0.1) is 0 Å². The lowest BCUT2D eigenvalue weighted by atomic mass is 9.99. The van der Waals surface area contributed by atoms with Crippen LogP contribution in [0.2, 0.25) is 0 Å². The number of nitro benzene ring substituents is 2. The number of hydrogen-bond acceptors (Lipinski definition) is 8. The van der Waals surface area contributed by atoms with Gasteiger partial charge in [-0.25, -0.2) is 8.42 Å². The van der Waals surface area contributed by atoms with Crippen molar-refractivity contribution in [2.75, 3.05) is 26.2 Å². The van der Waals surface area contributed by atoms with Gasteiger partial charge in [-0.1, -0.05) is 6.58 Å². The molecule has 12 heteroatoms. The summed E-state index contributed by atoms with van der Waals surface area (Å²) in [5.74, 6) is 0. The summed E-state index contributed by atoms with van der Waals surface area (Å²) >= 11 is 0. The van der Waals surface area contributed by atoms with Gasteiger partial charge in [0.05, 0.1) is 21.3 Å². The highest BCUT2D eigenvalue weighted by Crippen LogP contribution is 2.40. The highest BCUT2D eigenvalue weighted by Gasteiger charge is 2.50. The zero-order chi connectivity index (χ0) is 23.8. The standard InChI is InChI=1S/C21H22N4O7S/c1-16(17-2-4-18(5-3-17)24(26)27)22-12-10-21(11-13-22)23(14-15-32-21)33(30,31)20-8-6-19(7-9-20)25(28)29/h2-9H,1,10-15H2. The minimum Gasteiger partial charge on any atom is -0.371 e. The van der Waals surface area contributed by atoms with Crippen molar-refractivity contribution in [2.45, 2.75) is 23.5 Å². The van der Waals surface area contributed by atoms with Crippen LogP contribution < -0.4 is 0 Å². The summed E-state index contributed by atoms with van der Waals surface area (Å²) in [4.78, 5) is 22.7. The quantitative estimate of drug-likeness (QED) is 0.460. The van der Waals surface area contributed by atoms with Crippen LogP contribution in [0.4, 0.5) is 11.4 Å². The smallest absolute Gasteiger partial charge is 0.269 e. The van der Waals surface area contributed by atoms with Crippen molar-refractivity contribution in [3.63, 3.8) is 0 Å². The predicted octanol–water partition coefficient (Wildman–Crippen LogP) is 2.99. The Labute approximate surface area is 190 Å². The van der Waals surface area contributed by atoms with Crippen molar-refractivity contribution in [3.05, 3.63) is 80.9 Å². The van der Waals surface area contributed by atoms with E-state index in [1.54, 1.807) is 12.1 Å². The molecule has 2 aromatic carbocycles. The Morgan fingerprint density at radius 2 is 1.42 bits per heavy atom. The van der Waals surface area contributed by atoms with Gasteiger partial charge >= 0.3 is 0 Å². The van der Waals surface area contributed by atoms with E-state index in [1.165, 1.54) is 40.7 Å². The lowest BCUT2D eigenvalue weighted by molar-refractivity contribution is -0.385. The second-order valence-corrected chi connectivity index (χ2v) is 9.72. The number of likely N-dealkylation sites (tertiary alicyclic amines) is 1. The summed E-state index contributed by atoms with van der Waals surface area (Å²) < 4.78 is 33.9. The predicted molar refractivity (Wildman–Crippen MR) is 119 cm³/mol. The molecular formula is C21H22N4O7S. The summed E-state index contributed by atoms with van der Waals surface area (Å²) in [5.41, 5.74) is 0.268. The second kappa shape index (κ2) is 8.54. The van der Waals surface area contributed by atoms with Crippen molar-refractivity contribution in [3.8, 4) is 0 Å². The van der Waals surface area contributed by atoms with E-state index in [1.807, 2.05) is 4.90 Å². The molecule has 2 aliphatic heterocycles. The van der Waals surface area contributed by atoms with Crippen LogP contribution in [-0.4, -0.2) is 59.4 Å². The molecule has 0 atom stereocenters. The number of non-ortho nitro benzene ring substituents is 2. The highest BCUT2D eigenvalue weighted by molar-refractivity contribution is 7.89. The molecule has 11 nitrogen and oxygen atoms in total. The SMILES string of the molecule is C=C(c1ccc([N+](=O)[O-])cc1)N1CCC2(CC1)OCCN2S(=O)(=O)c1ccc([N+](=O)[O-])cc1. The first-order valence-electron chi connectivity index (χ1n) is 10.2. The maximum Gasteiger partial charge on any atom is 0.269 e. The van der Waals surface area contributed by atoms with E-state index in [0.717, 1.165) is 5.56 Å². The lowest BCUT2D eigenvalue weighted by Gasteiger charge is -2.44. The molecule has 2 heterocycles. The first-order valence-corrected chi connectivity index (χ1v) is 11.7. The molecule has 2 saturated heterocycles. The molecule has 2 aromatic rings. The van der Waals surface area contributed by atoms with E-state index in [0.29, 0.717) is 31.6 Å². The number of ether oxygens (including phenoxy) is 1. The van der Waals surface area contributed by atoms with Crippen molar-refractivity contribution in [1.82, 2.24) is 9.21 Å². The summed E-state index contributed by atoms with van der Waals surface area (Å²) in [6.45, 7) is 5.54. The molecule has 0 unspecified atom stereocenters. The average Bonchev–Trinajstić information content (AvgIpc) is 3.23. The first kappa shape index (κ1) is 22.8. The Kier molecular flexibility index (Phi) is 5.91. The molecule has 2 fully saturated rings. The lowest BCUT2D eigenvalue weighted by Crippen LogP contribution is -2.54. The second-order valence-electron chi connectivity index (χ2n) is 7.86. The van der Waals surface area contributed by atoms with Crippen molar-refractivity contribution >= 4 is 27.1 Å². The number of benzene rings is 2. The van der Waals surface area contributed by atoms with Crippen molar-refractivity contribution in [2.24, 2.45) is 0 Å². The third kappa shape index (κ3) is 4.19. The molecule has 1 spiro atoms. The Balaban J connectivity index is 1.49. The summed E-state index contributed by atoms with van der Waals surface area (Å²) in [7, 11) is -3.91. The maximum atomic E-state index is 13.3. The van der Waals surface area contributed by atoms with E-state index in [4.69, 9.17) is 4.74 Å². The van der Waals surface area contributed by atoms with Gasteiger partial charge in [0, 0.05) is 62.4 Å². The van der Waals surface area contributed by atoms with Crippen LogP contribution in [0.25, 0.3) is 5.70 Å². The number of sulfonamides is 1. The molecule has 0 bridgehead atoms. The minimum atomic E-state index is -3.91. The number of hydrogen-bond donors (Lipinski definition) is 0. The van der Waals surface area contributed by atoms with E-state index in [9.17, 15) is 28.6 Å². The van der Waals surface area contributed by atoms with Crippen LogP contribution in [0.3, 0.4) is 0 Å². The molecule has 0 N–H and O–H groups in total. The molecule has 0 amide bonds. The van der Waals surface area contributed by atoms with Gasteiger partial charge < -0.3 is 9.64 Å². The Bertz CT molecular complexity index is 1190. The Morgan fingerprint density at radius 1 is 0.909 bits per heavy atom. The van der Waals surface area contributed by atoms with Crippen LogP contribution >= 0.6 is 0 Å². The first-order chi connectivity index (χ1) is 15.6. The fourth-order valence-electron chi connectivity index (χ4n) is 4.28. The molecule has 0 aromatic heterocycles. The molecule has 2 aliphatic rings. The zero-order valence-corrected chi connectivity index (χ0v) is 18.4. The Morgan fingerprint density at radius 3 is 1.94 bits per heavy atom. The van der Waals surface area contributed by atoms with Crippen molar-refractivity contribution < 1.29 is 23.0 Å². The van der Waals surface area contributed by atoms with Crippen molar-refractivity contribution in [1.29, 1.82) is 0 Å². The van der Waals surface area contributed by atoms with Crippen LogP contribution in [0.5, 0.6) is 0 Å². The van der Waals surface area contributed by atoms with Gasteiger partial charge in [-0.2, -0.15) is 4.31 Å². The molecule has 0 saturated carbocycles. The topological polar surface area (TPSA) is 136 Å². The van der Waals surface area contributed by atoms with Gasteiger partial charge in [0.2, 0.25) is 10.0 Å². The number of piperidine rings is 1. The fraction of sp³-hybridized carbons (Fsp3) is 0.333. The third-order valence-corrected chi connectivity index (χ3v) is 8.06. The van der Waals surface area contributed by atoms with Crippen LogP contribution in [0.15, 0.2) is 60.0 Å². The van der Waals surface area contributed by atoms with E-state index < -0.39 is 25.6 Å². The fourth-order valence-corrected chi connectivity index (χ4v) is 6.00. The summed E-state index contributed by atoms with van der Waals surface area (Å²) in [5, 5.41) is 21.7. The third-order valence-electron chi connectivity index (χ3n) is 6.09. The number of rotatable bonds is 6.